The zero-order valence-corrected chi connectivity index (χ0v) is 18.0. The Balaban J connectivity index is 1.90. The van der Waals surface area contributed by atoms with E-state index in [0.29, 0.717) is 30.0 Å². The molecule has 3 rings (SSSR count). The molecule has 2 aromatic rings. The van der Waals surface area contributed by atoms with Crippen molar-refractivity contribution in [3.63, 3.8) is 0 Å². The first kappa shape index (κ1) is 22.2. The number of rotatable bonds is 5. The van der Waals surface area contributed by atoms with Crippen LogP contribution in [0.3, 0.4) is 0 Å². The van der Waals surface area contributed by atoms with Crippen molar-refractivity contribution < 1.29 is 27.5 Å². The quantitative estimate of drug-likeness (QED) is 0.700. The van der Waals surface area contributed by atoms with E-state index >= 15 is 0 Å². The fraction of sp³-hybridized carbons (Fsp3) is 0.300. The van der Waals surface area contributed by atoms with Crippen molar-refractivity contribution in [2.45, 2.75) is 11.8 Å². The topological polar surface area (TPSA) is 102 Å². The summed E-state index contributed by atoms with van der Waals surface area (Å²) in [7, 11) is -2.51. The van der Waals surface area contributed by atoms with Crippen LogP contribution in [0.5, 0.6) is 0 Å². The first-order valence-electron chi connectivity index (χ1n) is 9.12. The summed E-state index contributed by atoms with van der Waals surface area (Å²) in [5, 5.41) is 2.79. The second kappa shape index (κ2) is 9.13. The Hall–Kier alpha value is -2.46. The van der Waals surface area contributed by atoms with Crippen LogP contribution in [-0.2, 0) is 19.5 Å². The van der Waals surface area contributed by atoms with Gasteiger partial charge >= 0.3 is 5.97 Å². The van der Waals surface area contributed by atoms with Gasteiger partial charge in [0.2, 0.25) is 10.0 Å². The molecule has 0 bridgehead atoms. The van der Waals surface area contributed by atoms with Gasteiger partial charge in [0.05, 0.1) is 41.4 Å². The molecule has 8 nitrogen and oxygen atoms in total. The normalized spacial score (nSPS) is 14.9. The van der Waals surface area contributed by atoms with Crippen LogP contribution in [0.15, 0.2) is 41.3 Å². The SMILES string of the molecule is COC(=O)c1cccc(NC(=O)c2cc(S(=O)(=O)N3CCOCC3)ccc2Cl)c1C. The molecule has 1 heterocycles. The molecule has 0 saturated carbocycles. The summed E-state index contributed by atoms with van der Waals surface area (Å²) in [6, 6.07) is 8.81. The van der Waals surface area contributed by atoms with Gasteiger partial charge in [-0.15, -0.1) is 0 Å². The van der Waals surface area contributed by atoms with E-state index < -0.39 is 21.9 Å². The van der Waals surface area contributed by atoms with Gasteiger partial charge in [0.1, 0.15) is 0 Å². The van der Waals surface area contributed by atoms with Crippen LogP contribution in [0.1, 0.15) is 26.3 Å². The molecule has 1 N–H and O–H groups in total. The molecule has 1 fully saturated rings. The second-order valence-electron chi connectivity index (χ2n) is 6.58. The van der Waals surface area contributed by atoms with Gasteiger partial charge < -0.3 is 14.8 Å². The minimum atomic E-state index is -3.78. The molecule has 0 unspecified atom stereocenters. The van der Waals surface area contributed by atoms with Gasteiger partial charge in [0.15, 0.2) is 0 Å². The lowest BCUT2D eigenvalue weighted by Crippen LogP contribution is -2.40. The molecule has 0 radical (unpaired) electrons. The number of nitrogens with one attached hydrogen (secondary N) is 1. The van der Waals surface area contributed by atoms with Crippen LogP contribution in [0.2, 0.25) is 5.02 Å². The minimum absolute atomic E-state index is 0.00822. The predicted octanol–water partition coefficient (Wildman–Crippen LogP) is 2.71. The van der Waals surface area contributed by atoms with E-state index in [1.54, 1.807) is 25.1 Å². The van der Waals surface area contributed by atoms with Crippen molar-refractivity contribution in [3.05, 3.63) is 58.1 Å². The Labute approximate surface area is 179 Å². The minimum Gasteiger partial charge on any atom is -0.465 e. The number of ether oxygens (including phenoxy) is 2. The van der Waals surface area contributed by atoms with E-state index in [4.69, 9.17) is 21.1 Å². The van der Waals surface area contributed by atoms with Crippen LogP contribution in [0.25, 0.3) is 0 Å². The smallest absolute Gasteiger partial charge is 0.338 e. The zero-order valence-electron chi connectivity index (χ0n) is 16.5. The number of sulfonamides is 1. The maximum atomic E-state index is 12.9. The molecule has 1 aliphatic heterocycles. The van der Waals surface area contributed by atoms with Crippen LogP contribution < -0.4 is 5.32 Å². The van der Waals surface area contributed by atoms with Gasteiger partial charge in [-0.1, -0.05) is 17.7 Å². The van der Waals surface area contributed by atoms with Gasteiger partial charge in [0.25, 0.3) is 5.91 Å². The van der Waals surface area contributed by atoms with Gasteiger partial charge in [-0.2, -0.15) is 4.31 Å². The number of hydrogen-bond acceptors (Lipinski definition) is 6. The van der Waals surface area contributed by atoms with Crippen LogP contribution >= 0.6 is 11.6 Å². The number of methoxy groups -OCH3 is 1. The predicted molar refractivity (Wildman–Crippen MR) is 112 cm³/mol. The number of carbonyl (C=O) groups excluding carboxylic acids is 2. The van der Waals surface area contributed by atoms with Gasteiger partial charge in [-0.3, -0.25) is 4.79 Å². The number of benzene rings is 2. The van der Waals surface area contributed by atoms with Crippen molar-refractivity contribution in [2.75, 3.05) is 38.7 Å². The third kappa shape index (κ3) is 4.49. The fourth-order valence-corrected chi connectivity index (χ4v) is 4.70. The summed E-state index contributed by atoms with van der Waals surface area (Å²) < 4.78 is 37.0. The molecular formula is C20H21ClN2O6S. The first-order valence-corrected chi connectivity index (χ1v) is 10.9. The average molecular weight is 453 g/mol. The summed E-state index contributed by atoms with van der Waals surface area (Å²) >= 11 is 6.17. The lowest BCUT2D eigenvalue weighted by atomic mass is 10.1. The molecule has 160 valence electrons. The van der Waals surface area contributed by atoms with E-state index in [9.17, 15) is 18.0 Å². The number of hydrogen-bond donors (Lipinski definition) is 1. The van der Waals surface area contributed by atoms with Crippen molar-refractivity contribution in [1.82, 2.24) is 4.31 Å². The highest BCUT2D eigenvalue weighted by Crippen LogP contribution is 2.26. The average Bonchev–Trinajstić information content (AvgIpc) is 2.75. The molecule has 1 aliphatic rings. The number of morpholine rings is 1. The maximum Gasteiger partial charge on any atom is 0.338 e. The molecule has 0 aromatic heterocycles. The number of anilines is 1. The molecule has 0 atom stereocenters. The Morgan fingerprint density at radius 3 is 2.50 bits per heavy atom. The number of esters is 1. The largest absolute Gasteiger partial charge is 0.465 e. The van der Waals surface area contributed by atoms with Gasteiger partial charge in [-0.25, -0.2) is 13.2 Å². The van der Waals surface area contributed by atoms with Gasteiger partial charge in [0, 0.05) is 18.8 Å². The standard InChI is InChI=1S/C20H21ClN2O6S/c1-13-15(20(25)28-2)4-3-5-18(13)22-19(24)16-12-14(6-7-17(16)21)30(26,27)23-8-10-29-11-9-23/h3-7,12H,8-11H2,1-2H3,(H,22,24). The monoisotopic (exact) mass is 452 g/mol. The van der Waals surface area contributed by atoms with Crippen LogP contribution in [-0.4, -0.2) is 58.0 Å². The highest BCUT2D eigenvalue weighted by atomic mass is 35.5. The third-order valence-corrected chi connectivity index (χ3v) is 7.00. The van der Waals surface area contributed by atoms with E-state index in [-0.39, 0.29) is 28.6 Å². The van der Waals surface area contributed by atoms with Crippen molar-refractivity contribution >= 4 is 39.2 Å². The molecule has 2 aromatic carbocycles. The van der Waals surface area contributed by atoms with Crippen molar-refractivity contribution in [1.29, 1.82) is 0 Å². The maximum absolute atomic E-state index is 12.9. The van der Waals surface area contributed by atoms with Gasteiger partial charge in [-0.05, 0) is 42.8 Å². The number of amides is 1. The molecule has 10 heteroatoms. The Kier molecular flexibility index (Phi) is 6.77. The summed E-state index contributed by atoms with van der Waals surface area (Å²) in [5.74, 6) is -1.12. The van der Waals surface area contributed by atoms with Crippen molar-refractivity contribution in [3.8, 4) is 0 Å². The Morgan fingerprint density at radius 1 is 1.13 bits per heavy atom. The molecule has 1 saturated heterocycles. The fourth-order valence-electron chi connectivity index (χ4n) is 3.07. The van der Waals surface area contributed by atoms with Crippen LogP contribution in [0.4, 0.5) is 5.69 Å². The van der Waals surface area contributed by atoms with E-state index in [1.165, 1.54) is 29.6 Å². The molecular weight excluding hydrogens is 432 g/mol. The summed E-state index contributed by atoms with van der Waals surface area (Å²) in [4.78, 5) is 24.7. The molecule has 0 spiro atoms. The number of halogens is 1. The number of carbonyl (C=O) groups is 2. The lowest BCUT2D eigenvalue weighted by Gasteiger charge is -2.26. The highest BCUT2D eigenvalue weighted by Gasteiger charge is 2.27. The summed E-state index contributed by atoms with van der Waals surface area (Å²) in [5.41, 5.74) is 1.23. The number of nitrogens with zero attached hydrogens (tertiary/aromatic N) is 1. The molecule has 0 aliphatic carbocycles. The van der Waals surface area contributed by atoms with Crippen molar-refractivity contribution in [2.24, 2.45) is 0 Å². The second-order valence-corrected chi connectivity index (χ2v) is 8.93. The zero-order chi connectivity index (χ0) is 21.9. The molecule has 30 heavy (non-hydrogen) atoms. The van der Waals surface area contributed by atoms with E-state index in [2.05, 4.69) is 5.32 Å². The lowest BCUT2D eigenvalue weighted by molar-refractivity contribution is 0.0599. The first-order chi connectivity index (χ1) is 14.3. The molecule has 1 amide bonds. The van der Waals surface area contributed by atoms with E-state index in [1.807, 2.05) is 0 Å². The summed E-state index contributed by atoms with van der Waals surface area (Å²) in [6.45, 7) is 2.78. The Morgan fingerprint density at radius 2 is 1.83 bits per heavy atom. The Bertz CT molecular complexity index is 1080. The third-order valence-electron chi connectivity index (χ3n) is 4.78. The summed E-state index contributed by atoms with van der Waals surface area (Å²) in [6.07, 6.45) is 0. The van der Waals surface area contributed by atoms with Crippen LogP contribution in [0, 0.1) is 6.92 Å². The highest BCUT2D eigenvalue weighted by molar-refractivity contribution is 7.89. The van der Waals surface area contributed by atoms with E-state index in [0.717, 1.165) is 0 Å².